The molecule has 4 nitrogen and oxygen atoms in total. The van der Waals surface area contributed by atoms with Crippen LogP contribution in [0.25, 0.3) is 5.70 Å². The third kappa shape index (κ3) is 5.80. The number of hydrogen-bond donors (Lipinski definition) is 0. The smallest absolute Gasteiger partial charge is 0.258 e. The Hall–Kier alpha value is -2.90. The highest BCUT2D eigenvalue weighted by Crippen LogP contribution is 2.26. The molecule has 0 saturated carbocycles. The summed E-state index contributed by atoms with van der Waals surface area (Å²) in [6, 6.07) is 18.8. The van der Waals surface area contributed by atoms with Gasteiger partial charge in [-0.25, -0.2) is 0 Å². The van der Waals surface area contributed by atoms with E-state index >= 15 is 0 Å². The van der Waals surface area contributed by atoms with Gasteiger partial charge in [0.1, 0.15) is 0 Å². The highest BCUT2D eigenvalue weighted by atomic mass is 16.5. The molecule has 0 fully saturated rings. The van der Waals surface area contributed by atoms with E-state index in [2.05, 4.69) is 13.0 Å². The Labute approximate surface area is 168 Å². The van der Waals surface area contributed by atoms with Gasteiger partial charge in [0.05, 0.1) is 11.6 Å². The van der Waals surface area contributed by atoms with Crippen molar-refractivity contribution in [3.63, 3.8) is 0 Å². The monoisotopic (exact) mass is 376 g/mol. The van der Waals surface area contributed by atoms with Gasteiger partial charge in [0.2, 0.25) is 0 Å². The SMILES string of the molecule is CCCOCCCN(C(=O)c1ccccc1)C(=C(C)C)c1ccc(C#N)cc1. The molecule has 2 aromatic carbocycles. The first kappa shape index (κ1) is 21.4. The fourth-order valence-corrected chi connectivity index (χ4v) is 3.04. The molecule has 0 heterocycles. The molecule has 0 aliphatic rings. The summed E-state index contributed by atoms with van der Waals surface area (Å²) in [5.74, 6) is -0.0309. The van der Waals surface area contributed by atoms with Gasteiger partial charge in [-0.2, -0.15) is 5.26 Å². The van der Waals surface area contributed by atoms with E-state index < -0.39 is 0 Å². The Morgan fingerprint density at radius 3 is 2.25 bits per heavy atom. The molecule has 2 aromatic rings. The molecule has 0 aliphatic carbocycles. The predicted molar refractivity (Wildman–Crippen MR) is 113 cm³/mol. The molecule has 4 heteroatoms. The van der Waals surface area contributed by atoms with Crippen molar-refractivity contribution in [3.05, 3.63) is 76.9 Å². The second-order valence-corrected chi connectivity index (χ2v) is 6.83. The van der Waals surface area contributed by atoms with Crippen molar-refractivity contribution in [2.24, 2.45) is 0 Å². The van der Waals surface area contributed by atoms with E-state index in [0.29, 0.717) is 24.3 Å². The highest BCUT2D eigenvalue weighted by molar-refractivity contribution is 6.00. The zero-order valence-corrected chi connectivity index (χ0v) is 16.9. The summed E-state index contributed by atoms with van der Waals surface area (Å²) in [7, 11) is 0. The van der Waals surface area contributed by atoms with Crippen molar-refractivity contribution in [1.82, 2.24) is 4.90 Å². The number of benzene rings is 2. The Balaban J connectivity index is 2.34. The van der Waals surface area contributed by atoms with E-state index in [1.54, 1.807) is 12.1 Å². The molecule has 0 N–H and O–H groups in total. The molecule has 28 heavy (non-hydrogen) atoms. The van der Waals surface area contributed by atoms with E-state index in [1.165, 1.54) is 0 Å². The van der Waals surface area contributed by atoms with Crippen LogP contribution >= 0.6 is 0 Å². The molecular formula is C24H28N2O2. The minimum absolute atomic E-state index is 0.0309. The first-order valence-electron chi connectivity index (χ1n) is 9.71. The van der Waals surface area contributed by atoms with Gasteiger partial charge >= 0.3 is 0 Å². The minimum Gasteiger partial charge on any atom is -0.381 e. The maximum atomic E-state index is 13.3. The van der Waals surface area contributed by atoms with Gasteiger partial charge in [0.15, 0.2) is 0 Å². The van der Waals surface area contributed by atoms with Crippen LogP contribution in [0.4, 0.5) is 0 Å². The fraction of sp³-hybridized carbons (Fsp3) is 0.333. The van der Waals surface area contributed by atoms with Crippen LogP contribution in [0.3, 0.4) is 0 Å². The van der Waals surface area contributed by atoms with Crippen LogP contribution in [0.15, 0.2) is 60.2 Å². The number of carbonyl (C=O) groups is 1. The number of carbonyl (C=O) groups excluding carboxylic acids is 1. The molecule has 146 valence electrons. The molecule has 2 rings (SSSR count). The van der Waals surface area contributed by atoms with Crippen LogP contribution in [0.2, 0.25) is 0 Å². The van der Waals surface area contributed by atoms with Gasteiger partial charge in [-0.3, -0.25) is 4.79 Å². The number of allylic oxidation sites excluding steroid dienone is 1. The van der Waals surface area contributed by atoms with Crippen LogP contribution in [-0.4, -0.2) is 30.6 Å². The quantitative estimate of drug-likeness (QED) is 0.560. The van der Waals surface area contributed by atoms with Crippen molar-refractivity contribution in [2.45, 2.75) is 33.6 Å². The first-order chi connectivity index (χ1) is 13.6. The van der Waals surface area contributed by atoms with E-state index in [4.69, 9.17) is 10.00 Å². The second-order valence-electron chi connectivity index (χ2n) is 6.83. The average Bonchev–Trinajstić information content (AvgIpc) is 2.73. The van der Waals surface area contributed by atoms with E-state index in [0.717, 1.165) is 36.3 Å². The average molecular weight is 377 g/mol. The Morgan fingerprint density at radius 2 is 1.68 bits per heavy atom. The Morgan fingerprint density at radius 1 is 1.00 bits per heavy atom. The molecule has 0 bridgehead atoms. The number of nitriles is 1. The largest absolute Gasteiger partial charge is 0.381 e. The number of ether oxygens (including phenoxy) is 1. The van der Waals surface area contributed by atoms with Crippen LogP contribution in [0.5, 0.6) is 0 Å². The molecule has 0 aliphatic heterocycles. The van der Waals surface area contributed by atoms with Gasteiger partial charge < -0.3 is 9.64 Å². The normalized spacial score (nSPS) is 10.2. The summed E-state index contributed by atoms with van der Waals surface area (Å²) >= 11 is 0. The molecular weight excluding hydrogens is 348 g/mol. The van der Waals surface area contributed by atoms with E-state index in [-0.39, 0.29) is 5.91 Å². The number of rotatable bonds is 9. The first-order valence-corrected chi connectivity index (χ1v) is 9.71. The third-order valence-corrected chi connectivity index (χ3v) is 4.32. The fourth-order valence-electron chi connectivity index (χ4n) is 3.04. The maximum Gasteiger partial charge on any atom is 0.258 e. The summed E-state index contributed by atoms with van der Waals surface area (Å²) in [5.41, 5.74) is 4.12. The number of hydrogen-bond acceptors (Lipinski definition) is 3. The van der Waals surface area contributed by atoms with Gasteiger partial charge in [0, 0.05) is 31.0 Å². The van der Waals surface area contributed by atoms with Crippen LogP contribution < -0.4 is 0 Å². The molecule has 0 unspecified atom stereocenters. The zero-order chi connectivity index (χ0) is 20.4. The number of nitrogens with zero attached hydrogens (tertiary/aromatic N) is 2. The topological polar surface area (TPSA) is 53.3 Å². The zero-order valence-electron chi connectivity index (χ0n) is 16.9. The Bertz CT molecular complexity index is 829. The molecule has 0 atom stereocenters. The van der Waals surface area contributed by atoms with Gasteiger partial charge in [-0.1, -0.05) is 42.8 Å². The van der Waals surface area contributed by atoms with Crippen LogP contribution in [-0.2, 0) is 4.74 Å². The molecule has 0 saturated heterocycles. The molecule has 1 amide bonds. The van der Waals surface area contributed by atoms with Crippen molar-refractivity contribution in [3.8, 4) is 6.07 Å². The van der Waals surface area contributed by atoms with E-state index in [1.807, 2.05) is 61.2 Å². The lowest BCUT2D eigenvalue weighted by Crippen LogP contribution is -2.32. The summed E-state index contributed by atoms with van der Waals surface area (Å²) in [5, 5.41) is 9.07. The number of amides is 1. The molecule has 0 spiro atoms. The standard InChI is InChI=1S/C24H28N2O2/c1-4-16-28-17-8-15-26(24(27)22-9-6-5-7-10-22)23(19(2)3)21-13-11-20(18-25)12-14-21/h5-7,9-14H,4,8,15-17H2,1-3H3. The molecule has 0 aromatic heterocycles. The lowest BCUT2D eigenvalue weighted by molar-refractivity contribution is 0.0807. The van der Waals surface area contributed by atoms with Crippen molar-refractivity contribution in [2.75, 3.05) is 19.8 Å². The van der Waals surface area contributed by atoms with Crippen molar-refractivity contribution < 1.29 is 9.53 Å². The summed E-state index contributed by atoms with van der Waals surface area (Å²) in [6.45, 7) is 8.02. The highest BCUT2D eigenvalue weighted by Gasteiger charge is 2.21. The van der Waals surface area contributed by atoms with Crippen molar-refractivity contribution in [1.29, 1.82) is 5.26 Å². The second kappa shape index (κ2) is 11.1. The van der Waals surface area contributed by atoms with Crippen LogP contribution in [0.1, 0.15) is 55.1 Å². The minimum atomic E-state index is -0.0309. The molecule has 0 radical (unpaired) electrons. The van der Waals surface area contributed by atoms with E-state index in [9.17, 15) is 4.79 Å². The van der Waals surface area contributed by atoms with Crippen LogP contribution in [0, 0.1) is 11.3 Å². The van der Waals surface area contributed by atoms with Crippen molar-refractivity contribution >= 4 is 11.6 Å². The summed E-state index contributed by atoms with van der Waals surface area (Å²) < 4.78 is 5.60. The maximum absolute atomic E-state index is 13.3. The van der Waals surface area contributed by atoms with Gasteiger partial charge in [-0.05, 0) is 56.5 Å². The summed E-state index contributed by atoms with van der Waals surface area (Å²) in [6.07, 6.45) is 1.74. The van der Waals surface area contributed by atoms with Gasteiger partial charge in [0.25, 0.3) is 5.91 Å². The Kier molecular flexibility index (Phi) is 8.45. The third-order valence-electron chi connectivity index (χ3n) is 4.32. The summed E-state index contributed by atoms with van der Waals surface area (Å²) in [4.78, 5) is 15.1. The van der Waals surface area contributed by atoms with Gasteiger partial charge in [-0.15, -0.1) is 0 Å². The lowest BCUT2D eigenvalue weighted by Gasteiger charge is -2.27. The lowest BCUT2D eigenvalue weighted by atomic mass is 10.0. The predicted octanol–water partition coefficient (Wildman–Crippen LogP) is 5.27.